The maximum absolute atomic E-state index is 5.34. The average molecular weight is 282 g/mol. The Morgan fingerprint density at radius 2 is 2.12 bits per heavy atom. The monoisotopic (exact) mass is 281 g/mol. The summed E-state index contributed by atoms with van der Waals surface area (Å²) in [7, 11) is 0. The van der Waals surface area contributed by atoms with E-state index in [9.17, 15) is 0 Å². The van der Waals surface area contributed by atoms with Crippen LogP contribution in [0, 0.1) is 0 Å². The lowest BCUT2D eigenvalue weighted by Crippen LogP contribution is -2.36. The van der Waals surface area contributed by atoms with Crippen LogP contribution in [0.2, 0.25) is 0 Å². The zero-order chi connectivity index (χ0) is 11.0. The number of aromatic amines is 1. The first-order valence-corrected chi connectivity index (χ1v) is 6.10. The van der Waals surface area contributed by atoms with Gasteiger partial charge in [-0.15, -0.1) is 0 Å². The average Bonchev–Trinajstić information content (AvgIpc) is 2.73. The van der Waals surface area contributed by atoms with Crippen LogP contribution in [0.5, 0.6) is 0 Å². The molecule has 1 aliphatic heterocycles. The Bertz CT molecular complexity index is 505. The van der Waals surface area contributed by atoms with Crippen LogP contribution in [0.1, 0.15) is 0 Å². The van der Waals surface area contributed by atoms with Crippen molar-refractivity contribution in [2.75, 3.05) is 31.2 Å². The Kier molecular flexibility index (Phi) is 2.57. The van der Waals surface area contributed by atoms with Gasteiger partial charge in [0.2, 0.25) is 0 Å². The SMILES string of the molecule is Brc1ccc2[nH]nc(N3CCOCC3)c2c1. The van der Waals surface area contributed by atoms with Gasteiger partial charge in [0.05, 0.1) is 18.7 Å². The molecule has 0 bridgehead atoms. The van der Waals surface area contributed by atoms with Gasteiger partial charge >= 0.3 is 0 Å². The quantitative estimate of drug-likeness (QED) is 0.871. The van der Waals surface area contributed by atoms with Gasteiger partial charge in [-0.05, 0) is 18.2 Å². The first kappa shape index (κ1) is 10.1. The van der Waals surface area contributed by atoms with E-state index >= 15 is 0 Å². The second-order valence-electron chi connectivity index (χ2n) is 3.84. The van der Waals surface area contributed by atoms with E-state index in [4.69, 9.17) is 4.74 Å². The van der Waals surface area contributed by atoms with E-state index in [1.807, 2.05) is 12.1 Å². The minimum atomic E-state index is 0.780. The molecule has 4 nitrogen and oxygen atoms in total. The number of morpholine rings is 1. The molecule has 1 aliphatic rings. The van der Waals surface area contributed by atoms with Gasteiger partial charge in [0.1, 0.15) is 0 Å². The molecule has 2 heterocycles. The summed E-state index contributed by atoms with van der Waals surface area (Å²) in [6.07, 6.45) is 0. The van der Waals surface area contributed by atoms with E-state index in [1.54, 1.807) is 0 Å². The molecule has 2 aromatic rings. The zero-order valence-electron chi connectivity index (χ0n) is 8.74. The molecule has 3 rings (SSSR count). The van der Waals surface area contributed by atoms with Crippen molar-refractivity contribution < 1.29 is 4.74 Å². The third-order valence-corrected chi connectivity index (χ3v) is 3.31. The number of fused-ring (bicyclic) bond motifs is 1. The molecule has 84 valence electrons. The molecule has 0 unspecified atom stereocenters. The Balaban J connectivity index is 2.05. The van der Waals surface area contributed by atoms with Gasteiger partial charge in [-0.2, -0.15) is 5.10 Å². The first-order chi connectivity index (χ1) is 7.84. The summed E-state index contributed by atoms with van der Waals surface area (Å²) in [5.74, 6) is 1.03. The van der Waals surface area contributed by atoms with Gasteiger partial charge in [0, 0.05) is 22.9 Å². The van der Waals surface area contributed by atoms with E-state index in [2.05, 4.69) is 37.1 Å². The number of hydrogen-bond donors (Lipinski definition) is 1. The molecular weight excluding hydrogens is 270 g/mol. The van der Waals surface area contributed by atoms with Crippen LogP contribution in [0.3, 0.4) is 0 Å². The summed E-state index contributed by atoms with van der Waals surface area (Å²) in [6, 6.07) is 6.16. The normalized spacial score (nSPS) is 16.9. The lowest BCUT2D eigenvalue weighted by molar-refractivity contribution is 0.122. The fraction of sp³-hybridized carbons (Fsp3) is 0.364. The van der Waals surface area contributed by atoms with Crippen molar-refractivity contribution in [2.45, 2.75) is 0 Å². The van der Waals surface area contributed by atoms with Crippen molar-refractivity contribution in [1.29, 1.82) is 0 Å². The Hall–Kier alpha value is -1.07. The van der Waals surface area contributed by atoms with Crippen molar-refractivity contribution >= 4 is 32.7 Å². The highest BCUT2D eigenvalue weighted by atomic mass is 79.9. The molecule has 1 N–H and O–H groups in total. The summed E-state index contributed by atoms with van der Waals surface area (Å²) in [5.41, 5.74) is 1.07. The molecule has 1 aromatic heterocycles. The summed E-state index contributed by atoms with van der Waals surface area (Å²) < 4.78 is 6.42. The maximum Gasteiger partial charge on any atom is 0.158 e. The highest BCUT2D eigenvalue weighted by molar-refractivity contribution is 9.10. The summed E-state index contributed by atoms with van der Waals surface area (Å²) >= 11 is 3.49. The third kappa shape index (κ3) is 1.70. The van der Waals surface area contributed by atoms with Crippen LogP contribution in [-0.2, 0) is 4.74 Å². The Labute approximate surface area is 102 Å². The number of hydrogen-bond acceptors (Lipinski definition) is 3. The lowest BCUT2D eigenvalue weighted by Gasteiger charge is -2.26. The predicted octanol–water partition coefficient (Wildman–Crippen LogP) is 2.16. The van der Waals surface area contributed by atoms with E-state index in [1.165, 1.54) is 0 Å². The predicted molar refractivity (Wildman–Crippen MR) is 66.8 cm³/mol. The van der Waals surface area contributed by atoms with Gasteiger partial charge < -0.3 is 9.64 Å². The van der Waals surface area contributed by atoms with Gasteiger partial charge in [-0.1, -0.05) is 15.9 Å². The molecule has 0 saturated carbocycles. The largest absolute Gasteiger partial charge is 0.378 e. The highest BCUT2D eigenvalue weighted by Crippen LogP contribution is 2.27. The Morgan fingerprint density at radius 1 is 1.31 bits per heavy atom. The number of nitrogens with zero attached hydrogens (tertiary/aromatic N) is 2. The van der Waals surface area contributed by atoms with Crippen LogP contribution in [0.4, 0.5) is 5.82 Å². The molecule has 0 spiro atoms. The molecule has 0 atom stereocenters. The van der Waals surface area contributed by atoms with E-state index in [0.717, 1.165) is 47.5 Å². The molecule has 1 aromatic carbocycles. The molecule has 0 aliphatic carbocycles. The minimum absolute atomic E-state index is 0.780. The van der Waals surface area contributed by atoms with Crippen LogP contribution in [0.15, 0.2) is 22.7 Å². The van der Waals surface area contributed by atoms with Gasteiger partial charge in [0.25, 0.3) is 0 Å². The molecule has 1 saturated heterocycles. The number of anilines is 1. The highest BCUT2D eigenvalue weighted by Gasteiger charge is 2.16. The summed E-state index contributed by atoms with van der Waals surface area (Å²) in [5, 5.41) is 8.61. The molecule has 0 amide bonds. The van der Waals surface area contributed by atoms with Gasteiger partial charge in [0.15, 0.2) is 5.82 Å². The van der Waals surface area contributed by atoms with Crippen molar-refractivity contribution in [2.24, 2.45) is 0 Å². The van der Waals surface area contributed by atoms with Crippen LogP contribution in [-0.4, -0.2) is 36.5 Å². The summed E-state index contributed by atoms with van der Waals surface area (Å²) in [6.45, 7) is 3.38. The smallest absolute Gasteiger partial charge is 0.158 e. The second-order valence-corrected chi connectivity index (χ2v) is 4.75. The van der Waals surface area contributed by atoms with E-state index in [0.29, 0.717) is 0 Å². The number of benzene rings is 1. The first-order valence-electron chi connectivity index (χ1n) is 5.31. The zero-order valence-corrected chi connectivity index (χ0v) is 10.3. The number of rotatable bonds is 1. The molecule has 5 heteroatoms. The van der Waals surface area contributed by atoms with Crippen LogP contribution in [0.25, 0.3) is 10.9 Å². The fourth-order valence-corrected chi connectivity index (χ4v) is 2.35. The fourth-order valence-electron chi connectivity index (χ4n) is 1.99. The third-order valence-electron chi connectivity index (χ3n) is 2.82. The molecule has 1 fully saturated rings. The minimum Gasteiger partial charge on any atom is -0.378 e. The number of aromatic nitrogens is 2. The van der Waals surface area contributed by atoms with Gasteiger partial charge in [-0.3, -0.25) is 5.10 Å². The van der Waals surface area contributed by atoms with Crippen molar-refractivity contribution in [3.05, 3.63) is 22.7 Å². The van der Waals surface area contributed by atoms with Crippen LogP contribution < -0.4 is 4.90 Å². The van der Waals surface area contributed by atoms with Crippen molar-refractivity contribution in [3.8, 4) is 0 Å². The molecular formula is C11H12BrN3O. The second kappa shape index (κ2) is 4.07. The molecule has 16 heavy (non-hydrogen) atoms. The maximum atomic E-state index is 5.34. The topological polar surface area (TPSA) is 41.2 Å². The number of H-pyrrole nitrogens is 1. The molecule has 0 radical (unpaired) electrons. The van der Waals surface area contributed by atoms with Crippen LogP contribution >= 0.6 is 15.9 Å². The van der Waals surface area contributed by atoms with E-state index in [-0.39, 0.29) is 0 Å². The Morgan fingerprint density at radius 3 is 2.94 bits per heavy atom. The number of ether oxygens (including phenoxy) is 1. The number of halogens is 1. The van der Waals surface area contributed by atoms with Crippen molar-refractivity contribution in [1.82, 2.24) is 10.2 Å². The summed E-state index contributed by atoms with van der Waals surface area (Å²) in [4.78, 5) is 2.26. The van der Waals surface area contributed by atoms with Gasteiger partial charge in [-0.25, -0.2) is 0 Å². The standard InChI is InChI=1S/C11H12BrN3O/c12-8-1-2-10-9(7-8)11(14-13-10)15-3-5-16-6-4-15/h1-2,7H,3-6H2,(H,13,14). The number of nitrogens with one attached hydrogen (secondary N) is 1. The van der Waals surface area contributed by atoms with Crippen molar-refractivity contribution in [3.63, 3.8) is 0 Å². The lowest BCUT2D eigenvalue weighted by atomic mass is 10.2. The van der Waals surface area contributed by atoms with E-state index < -0.39 is 0 Å².